The van der Waals surface area contributed by atoms with Crippen molar-refractivity contribution in [3.05, 3.63) is 80.7 Å². The first-order valence-corrected chi connectivity index (χ1v) is 14.0. The molecule has 2 amide bonds. The first-order chi connectivity index (χ1) is 18.5. The average molecular weight is 571 g/mol. The molecular weight excluding hydrogens is 532 g/mol. The minimum atomic E-state index is -0.477. The molecular formula is C29H39ClN6O2S. The summed E-state index contributed by atoms with van der Waals surface area (Å²) in [7, 11) is 1.95. The Morgan fingerprint density at radius 2 is 1.69 bits per heavy atom. The molecule has 0 radical (unpaired) electrons. The minimum absolute atomic E-state index is 0.135. The van der Waals surface area contributed by atoms with E-state index in [0.717, 1.165) is 16.3 Å². The first kappa shape index (κ1) is 32.0. The van der Waals surface area contributed by atoms with Gasteiger partial charge in [-0.05, 0) is 69.8 Å². The Labute approximate surface area is 240 Å². The van der Waals surface area contributed by atoms with Crippen LogP contribution >= 0.6 is 22.9 Å². The van der Waals surface area contributed by atoms with Crippen molar-refractivity contribution in [2.45, 2.75) is 53.9 Å². The Balaban J connectivity index is 0.000000301. The average Bonchev–Trinajstić information content (AvgIpc) is 3.11. The van der Waals surface area contributed by atoms with E-state index in [1.807, 2.05) is 45.2 Å². The SMILES string of the molecule is CC.CC(=O)Nc1ccc(C(N)=O)cc1.CNC(C)N1c2sc(C)c(C)c2C(c2ccc(Cl)cc2)=NCC1N. The lowest BCUT2D eigenvalue weighted by atomic mass is 10.00. The van der Waals surface area contributed by atoms with Gasteiger partial charge in [-0.15, -0.1) is 11.3 Å². The van der Waals surface area contributed by atoms with E-state index in [0.29, 0.717) is 17.8 Å². The highest BCUT2D eigenvalue weighted by Crippen LogP contribution is 2.39. The third kappa shape index (κ3) is 8.12. The highest BCUT2D eigenvalue weighted by atomic mass is 35.5. The van der Waals surface area contributed by atoms with E-state index >= 15 is 0 Å². The third-order valence-corrected chi connectivity index (χ3v) is 7.55. The summed E-state index contributed by atoms with van der Waals surface area (Å²) in [4.78, 5) is 29.7. The minimum Gasteiger partial charge on any atom is -0.366 e. The summed E-state index contributed by atoms with van der Waals surface area (Å²) in [6.45, 7) is 12.4. The first-order valence-electron chi connectivity index (χ1n) is 12.8. The van der Waals surface area contributed by atoms with Crippen molar-refractivity contribution in [2.24, 2.45) is 16.5 Å². The molecule has 1 aromatic heterocycles. The summed E-state index contributed by atoms with van der Waals surface area (Å²) >= 11 is 7.84. The number of amides is 2. The summed E-state index contributed by atoms with van der Waals surface area (Å²) in [5.74, 6) is -0.624. The van der Waals surface area contributed by atoms with Gasteiger partial charge in [0.1, 0.15) is 5.00 Å². The lowest BCUT2D eigenvalue weighted by Gasteiger charge is -2.34. The number of carbonyl (C=O) groups is 2. The number of halogens is 1. The number of hydrogen-bond acceptors (Lipinski definition) is 7. The molecule has 1 aliphatic heterocycles. The molecule has 0 saturated heterocycles. The highest BCUT2D eigenvalue weighted by molar-refractivity contribution is 7.16. The van der Waals surface area contributed by atoms with Crippen LogP contribution in [0.25, 0.3) is 0 Å². The fraction of sp³-hybridized carbons (Fsp3) is 0.345. The van der Waals surface area contributed by atoms with E-state index in [1.54, 1.807) is 35.6 Å². The van der Waals surface area contributed by atoms with E-state index in [9.17, 15) is 9.59 Å². The van der Waals surface area contributed by atoms with Crippen molar-refractivity contribution in [1.82, 2.24) is 5.32 Å². The van der Waals surface area contributed by atoms with Crippen LogP contribution in [-0.2, 0) is 4.79 Å². The number of carbonyl (C=O) groups excluding carboxylic acids is 2. The van der Waals surface area contributed by atoms with Crippen molar-refractivity contribution < 1.29 is 9.59 Å². The number of primary amides is 1. The van der Waals surface area contributed by atoms with E-state index in [1.165, 1.54) is 27.9 Å². The van der Waals surface area contributed by atoms with Gasteiger partial charge in [-0.1, -0.05) is 37.6 Å². The molecule has 2 unspecified atom stereocenters. The third-order valence-electron chi connectivity index (χ3n) is 6.07. The van der Waals surface area contributed by atoms with Gasteiger partial charge in [0, 0.05) is 39.2 Å². The number of aliphatic imine (C=N–C) groups is 1. The van der Waals surface area contributed by atoms with E-state index in [4.69, 9.17) is 28.1 Å². The number of hydrogen-bond donors (Lipinski definition) is 4. The summed E-state index contributed by atoms with van der Waals surface area (Å²) in [6, 6.07) is 14.3. The van der Waals surface area contributed by atoms with Gasteiger partial charge >= 0.3 is 0 Å². The molecule has 0 aliphatic carbocycles. The Kier molecular flexibility index (Phi) is 12.1. The number of nitrogens with one attached hydrogen (secondary N) is 2. The van der Waals surface area contributed by atoms with Crippen LogP contribution in [0.2, 0.25) is 5.02 Å². The fourth-order valence-corrected chi connectivity index (χ4v) is 5.36. The van der Waals surface area contributed by atoms with Gasteiger partial charge in [-0.2, -0.15) is 0 Å². The van der Waals surface area contributed by atoms with E-state index in [-0.39, 0.29) is 18.2 Å². The largest absolute Gasteiger partial charge is 0.366 e. The predicted molar refractivity (Wildman–Crippen MR) is 165 cm³/mol. The number of nitrogens with two attached hydrogens (primary N) is 2. The monoisotopic (exact) mass is 570 g/mol. The maximum absolute atomic E-state index is 10.7. The van der Waals surface area contributed by atoms with Crippen molar-refractivity contribution in [2.75, 3.05) is 23.8 Å². The quantitative estimate of drug-likeness (QED) is 0.331. The second-order valence-electron chi connectivity index (χ2n) is 8.72. The standard InChI is InChI=1S/C18H23ClN4S.C9H10N2O2.C2H6/c1-10-11(2)24-18-16(10)17(13-5-7-14(19)8-6-13)22-9-15(20)23(18)12(3)21-4;1-6(12)11-8-4-2-7(3-5-8)9(10)13;1-2/h5-8,12,15,21H,9,20H2,1-4H3;2-5H,1H3,(H2,10,13)(H,11,12);1-2H3. The van der Waals surface area contributed by atoms with E-state index < -0.39 is 5.91 Å². The zero-order valence-corrected chi connectivity index (χ0v) is 25.2. The van der Waals surface area contributed by atoms with Gasteiger partial charge in [0.2, 0.25) is 11.8 Å². The molecule has 8 nitrogen and oxygen atoms in total. The Morgan fingerprint density at radius 3 is 2.21 bits per heavy atom. The molecule has 0 spiro atoms. The number of rotatable bonds is 5. The maximum atomic E-state index is 10.7. The van der Waals surface area contributed by atoms with Gasteiger partial charge in [0.25, 0.3) is 0 Å². The summed E-state index contributed by atoms with van der Waals surface area (Å²) in [5.41, 5.74) is 17.1. The predicted octanol–water partition coefficient (Wildman–Crippen LogP) is 5.30. The number of anilines is 2. The van der Waals surface area contributed by atoms with Crippen molar-refractivity contribution in [3.63, 3.8) is 0 Å². The normalized spacial score (nSPS) is 14.8. The van der Waals surface area contributed by atoms with Crippen LogP contribution in [0.3, 0.4) is 0 Å². The zero-order chi connectivity index (χ0) is 29.3. The van der Waals surface area contributed by atoms with Gasteiger partial charge in [-0.25, -0.2) is 0 Å². The van der Waals surface area contributed by atoms with Crippen LogP contribution in [0.4, 0.5) is 10.7 Å². The topological polar surface area (TPSA) is 126 Å². The second-order valence-corrected chi connectivity index (χ2v) is 10.4. The summed E-state index contributed by atoms with van der Waals surface area (Å²) in [6.07, 6.45) is -0.0237. The Bertz CT molecular complexity index is 1290. The molecule has 1 aliphatic rings. The lowest BCUT2D eigenvalue weighted by molar-refractivity contribution is -0.114. The molecule has 39 heavy (non-hydrogen) atoms. The lowest BCUT2D eigenvalue weighted by Crippen LogP contribution is -2.53. The number of nitrogens with zero attached hydrogens (tertiary/aromatic N) is 2. The Hall–Kier alpha value is -3.24. The molecule has 2 aromatic carbocycles. The van der Waals surface area contributed by atoms with Gasteiger partial charge in [0.15, 0.2) is 0 Å². The van der Waals surface area contributed by atoms with Gasteiger partial charge in [-0.3, -0.25) is 14.6 Å². The second kappa shape index (κ2) is 14.8. The smallest absolute Gasteiger partial charge is 0.248 e. The molecule has 0 saturated carbocycles. The number of benzene rings is 2. The van der Waals surface area contributed by atoms with Crippen LogP contribution in [-0.4, -0.2) is 43.5 Å². The Morgan fingerprint density at radius 1 is 1.10 bits per heavy atom. The molecule has 0 bridgehead atoms. The fourth-order valence-electron chi connectivity index (χ4n) is 3.94. The van der Waals surface area contributed by atoms with Crippen LogP contribution in [0, 0.1) is 13.8 Å². The molecule has 2 atom stereocenters. The molecule has 10 heteroatoms. The molecule has 6 N–H and O–H groups in total. The number of aryl methyl sites for hydroxylation is 1. The van der Waals surface area contributed by atoms with Gasteiger partial charge in [0.05, 0.1) is 24.6 Å². The number of thiophene rings is 1. The van der Waals surface area contributed by atoms with Crippen LogP contribution in [0.1, 0.15) is 59.6 Å². The van der Waals surface area contributed by atoms with Crippen molar-refractivity contribution in [1.29, 1.82) is 0 Å². The number of fused-ring (bicyclic) bond motifs is 1. The molecule has 0 fully saturated rings. The molecule has 210 valence electrons. The van der Waals surface area contributed by atoms with Crippen LogP contribution in [0.15, 0.2) is 53.5 Å². The molecule has 2 heterocycles. The van der Waals surface area contributed by atoms with Crippen LogP contribution < -0.4 is 27.0 Å². The molecule has 4 rings (SSSR count). The summed E-state index contributed by atoms with van der Waals surface area (Å²) in [5, 5.41) is 7.80. The van der Waals surface area contributed by atoms with E-state index in [2.05, 4.69) is 36.3 Å². The van der Waals surface area contributed by atoms with Gasteiger partial charge < -0.3 is 27.0 Å². The van der Waals surface area contributed by atoms with Crippen molar-refractivity contribution >= 4 is 51.2 Å². The summed E-state index contributed by atoms with van der Waals surface area (Å²) < 4.78 is 0. The maximum Gasteiger partial charge on any atom is 0.248 e. The zero-order valence-electron chi connectivity index (χ0n) is 23.6. The van der Waals surface area contributed by atoms with Crippen LogP contribution in [0.5, 0.6) is 0 Å². The highest BCUT2D eigenvalue weighted by Gasteiger charge is 2.31. The molecule has 3 aromatic rings. The van der Waals surface area contributed by atoms with Crippen molar-refractivity contribution in [3.8, 4) is 0 Å².